The van der Waals surface area contributed by atoms with E-state index in [0.29, 0.717) is 13.2 Å². The Morgan fingerprint density at radius 2 is 2.32 bits per heavy atom. The predicted octanol–water partition coefficient (Wildman–Crippen LogP) is 3.09. The molecule has 0 amide bonds. The number of methoxy groups -OCH3 is 1. The van der Waals surface area contributed by atoms with Crippen LogP contribution in [-0.2, 0) is 19.0 Å². The Morgan fingerprint density at radius 1 is 1.58 bits per heavy atom. The van der Waals surface area contributed by atoms with E-state index in [-0.39, 0.29) is 10.8 Å². The number of alkyl halides is 1. The second kappa shape index (κ2) is 8.04. The smallest absolute Gasteiger partial charge is 0.330 e. The molecule has 0 aromatic heterocycles. The summed E-state index contributed by atoms with van der Waals surface area (Å²) in [4.78, 5) is 11.2. The lowest BCUT2D eigenvalue weighted by molar-refractivity contribution is -0.137. The van der Waals surface area contributed by atoms with E-state index in [1.54, 1.807) is 20.1 Å². The summed E-state index contributed by atoms with van der Waals surface area (Å²) in [6.45, 7) is 4.47. The summed E-state index contributed by atoms with van der Waals surface area (Å²) in [5.41, 5.74) is 1.04. The van der Waals surface area contributed by atoms with Crippen molar-refractivity contribution in [2.24, 2.45) is 0 Å². The molecular formula is C14H19BrO4. The van der Waals surface area contributed by atoms with Crippen LogP contribution in [0.15, 0.2) is 35.3 Å². The molecule has 1 unspecified atom stereocenters. The Bertz CT molecular complexity index is 410. The quantitative estimate of drug-likeness (QED) is 0.426. The number of hydrogen-bond acceptors (Lipinski definition) is 4. The zero-order valence-electron chi connectivity index (χ0n) is 11.4. The van der Waals surface area contributed by atoms with Gasteiger partial charge in [-0.3, -0.25) is 0 Å². The molecule has 19 heavy (non-hydrogen) atoms. The predicted molar refractivity (Wildman–Crippen MR) is 76.8 cm³/mol. The van der Waals surface area contributed by atoms with Gasteiger partial charge in [0.25, 0.3) is 0 Å². The minimum atomic E-state index is -0.347. The second-order valence-corrected chi connectivity index (χ2v) is 5.10. The van der Waals surface area contributed by atoms with Gasteiger partial charge in [-0.2, -0.15) is 0 Å². The molecule has 0 aromatic carbocycles. The number of esters is 1. The Kier molecular flexibility index (Phi) is 6.70. The fraction of sp³-hybridized carbons (Fsp3) is 0.500. The largest absolute Gasteiger partial charge is 0.500 e. The Morgan fingerprint density at radius 3 is 2.95 bits per heavy atom. The van der Waals surface area contributed by atoms with Gasteiger partial charge in [0.05, 0.1) is 18.5 Å². The average Bonchev–Trinajstić information content (AvgIpc) is 2.38. The van der Waals surface area contributed by atoms with E-state index in [2.05, 4.69) is 15.9 Å². The standard InChI is InChI=1S/C14H19BrO4/c1-4-18-14(16)6-5-7-19-12-9-11(15)13(17-3)8-10(12)2/h5-6,8,11H,4,7,9H2,1-3H3/b6-5+. The van der Waals surface area contributed by atoms with Crippen LogP contribution in [0.5, 0.6) is 0 Å². The third kappa shape index (κ3) is 5.11. The van der Waals surface area contributed by atoms with Crippen molar-refractivity contribution in [3.05, 3.63) is 35.3 Å². The lowest BCUT2D eigenvalue weighted by atomic mass is 10.0. The monoisotopic (exact) mass is 330 g/mol. The second-order valence-electron chi connectivity index (χ2n) is 3.99. The van der Waals surface area contributed by atoms with Gasteiger partial charge in [0, 0.05) is 12.5 Å². The van der Waals surface area contributed by atoms with Crippen molar-refractivity contribution < 1.29 is 19.0 Å². The zero-order chi connectivity index (χ0) is 14.3. The molecule has 5 heteroatoms. The molecule has 106 valence electrons. The zero-order valence-corrected chi connectivity index (χ0v) is 13.0. The Hall–Kier alpha value is -1.23. The van der Waals surface area contributed by atoms with Crippen LogP contribution in [0.4, 0.5) is 0 Å². The highest BCUT2D eigenvalue weighted by atomic mass is 79.9. The number of carbonyl (C=O) groups is 1. The maximum Gasteiger partial charge on any atom is 0.330 e. The van der Waals surface area contributed by atoms with Gasteiger partial charge in [-0.05, 0) is 31.6 Å². The minimum Gasteiger partial charge on any atom is -0.500 e. The Balaban J connectivity index is 2.49. The van der Waals surface area contributed by atoms with Gasteiger partial charge in [0.15, 0.2) is 0 Å². The van der Waals surface area contributed by atoms with Crippen molar-refractivity contribution in [1.82, 2.24) is 0 Å². The fourth-order valence-electron chi connectivity index (χ4n) is 1.65. The molecule has 0 aliphatic heterocycles. The molecule has 1 aliphatic rings. The lowest BCUT2D eigenvalue weighted by Crippen LogP contribution is -2.13. The first-order chi connectivity index (χ1) is 9.08. The maximum absolute atomic E-state index is 11.1. The SMILES string of the molecule is CCOC(=O)/C=C/COC1=C(C)C=C(OC)C(Br)C1. The third-order valence-corrected chi connectivity index (χ3v) is 3.38. The maximum atomic E-state index is 11.1. The van der Waals surface area contributed by atoms with Gasteiger partial charge in [0.1, 0.15) is 18.1 Å². The molecule has 0 aromatic rings. The van der Waals surface area contributed by atoms with Crippen LogP contribution in [0.3, 0.4) is 0 Å². The molecule has 0 spiro atoms. The van der Waals surface area contributed by atoms with Gasteiger partial charge in [-0.25, -0.2) is 4.79 Å². The highest BCUT2D eigenvalue weighted by Crippen LogP contribution is 2.30. The Labute approximate surface area is 122 Å². The highest BCUT2D eigenvalue weighted by molar-refractivity contribution is 9.09. The first kappa shape index (κ1) is 15.8. The number of halogens is 1. The molecule has 0 saturated heterocycles. The van der Waals surface area contributed by atoms with E-state index >= 15 is 0 Å². The molecule has 0 saturated carbocycles. The van der Waals surface area contributed by atoms with Gasteiger partial charge >= 0.3 is 5.97 Å². The summed E-state index contributed by atoms with van der Waals surface area (Å²) in [6, 6.07) is 0. The molecule has 4 nitrogen and oxygen atoms in total. The number of ether oxygens (including phenoxy) is 3. The van der Waals surface area contributed by atoms with Gasteiger partial charge in [-0.1, -0.05) is 15.9 Å². The number of allylic oxidation sites excluding steroid dienone is 4. The van der Waals surface area contributed by atoms with Gasteiger partial charge < -0.3 is 14.2 Å². The molecule has 0 bridgehead atoms. The third-order valence-electron chi connectivity index (χ3n) is 2.60. The highest BCUT2D eigenvalue weighted by Gasteiger charge is 2.20. The van der Waals surface area contributed by atoms with Crippen molar-refractivity contribution in [2.75, 3.05) is 20.3 Å². The van der Waals surface area contributed by atoms with Crippen molar-refractivity contribution in [2.45, 2.75) is 25.1 Å². The van der Waals surface area contributed by atoms with E-state index in [0.717, 1.165) is 23.5 Å². The first-order valence-corrected chi connectivity index (χ1v) is 7.05. The van der Waals surface area contributed by atoms with Crippen LogP contribution in [0.1, 0.15) is 20.3 Å². The summed E-state index contributed by atoms with van der Waals surface area (Å²) in [7, 11) is 1.65. The normalized spacial score (nSPS) is 19.4. The van der Waals surface area contributed by atoms with E-state index in [1.807, 2.05) is 13.0 Å². The molecular weight excluding hydrogens is 312 g/mol. The van der Waals surface area contributed by atoms with Crippen molar-refractivity contribution in [1.29, 1.82) is 0 Å². The van der Waals surface area contributed by atoms with E-state index in [4.69, 9.17) is 14.2 Å². The molecule has 1 aliphatic carbocycles. The van der Waals surface area contributed by atoms with E-state index in [9.17, 15) is 4.79 Å². The summed E-state index contributed by atoms with van der Waals surface area (Å²) < 4.78 is 15.7. The molecule has 1 atom stereocenters. The average molecular weight is 331 g/mol. The summed E-state index contributed by atoms with van der Waals surface area (Å²) >= 11 is 3.54. The topological polar surface area (TPSA) is 44.8 Å². The molecule has 0 radical (unpaired) electrons. The van der Waals surface area contributed by atoms with Crippen LogP contribution in [-0.4, -0.2) is 31.1 Å². The van der Waals surface area contributed by atoms with E-state index < -0.39 is 0 Å². The summed E-state index contributed by atoms with van der Waals surface area (Å²) in [5, 5.41) is 0. The first-order valence-electron chi connectivity index (χ1n) is 6.14. The van der Waals surface area contributed by atoms with Crippen molar-refractivity contribution >= 4 is 21.9 Å². The van der Waals surface area contributed by atoms with Crippen LogP contribution < -0.4 is 0 Å². The van der Waals surface area contributed by atoms with Crippen LogP contribution in [0.25, 0.3) is 0 Å². The molecule has 0 N–H and O–H groups in total. The molecule has 0 fully saturated rings. The number of carbonyl (C=O) groups excluding carboxylic acids is 1. The lowest BCUT2D eigenvalue weighted by Gasteiger charge is -2.22. The summed E-state index contributed by atoms with van der Waals surface area (Å²) in [5.74, 6) is 1.45. The molecule has 1 rings (SSSR count). The van der Waals surface area contributed by atoms with Gasteiger partial charge in [-0.15, -0.1) is 0 Å². The van der Waals surface area contributed by atoms with Crippen LogP contribution >= 0.6 is 15.9 Å². The van der Waals surface area contributed by atoms with Gasteiger partial charge in [0.2, 0.25) is 0 Å². The summed E-state index contributed by atoms with van der Waals surface area (Å²) in [6.07, 6.45) is 5.72. The van der Waals surface area contributed by atoms with Crippen molar-refractivity contribution in [3.8, 4) is 0 Å². The van der Waals surface area contributed by atoms with E-state index in [1.165, 1.54) is 6.08 Å². The van der Waals surface area contributed by atoms with Crippen LogP contribution in [0.2, 0.25) is 0 Å². The number of rotatable bonds is 6. The number of hydrogen-bond donors (Lipinski definition) is 0. The van der Waals surface area contributed by atoms with Crippen molar-refractivity contribution in [3.63, 3.8) is 0 Å². The molecule has 0 heterocycles. The fourth-order valence-corrected chi connectivity index (χ4v) is 2.26. The minimum absolute atomic E-state index is 0.130. The van der Waals surface area contributed by atoms with Crippen LogP contribution in [0, 0.1) is 0 Å².